The maximum absolute atomic E-state index is 12.6. The van der Waals surface area contributed by atoms with E-state index in [2.05, 4.69) is 13.8 Å². The van der Waals surface area contributed by atoms with Gasteiger partial charge in [-0.1, -0.05) is 44.2 Å². The molecule has 2 aromatic rings. The summed E-state index contributed by atoms with van der Waals surface area (Å²) in [6.45, 7) is 4.12. The second-order valence-corrected chi connectivity index (χ2v) is 5.22. The van der Waals surface area contributed by atoms with E-state index in [9.17, 15) is 14.9 Å². The molecule has 0 aliphatic rings. The maximum atomic E-state index is 12.6. The number of nitro groups is 1. The maximum Gasteiger partial charge on any atom is 0.322 e. The molecule has 0 spiro atoms. The Bertz CT molecular complexity index is 705. The van der Waals surface area contributed by atoms with Crippen molar-refractivity contribution in [1.29, 1.82) is 0 Å². The molecule has 5 heteroatoms. The van der Waals surface area contributed by atoms with E-state index in [4.69, 9.17) is 4.74 Å². The minimum atomic E-state index is -0.589. The van der Waals surface area contributed by atoms with E-state index >= 15 is 0 Å². The molecule has 0 amide bonds. The number of nitro benzene ring substituents is 1. The lowest BCUT2D eigenvalue weighted by Crippen LogP contribution is -2.07. The molecule has 0 unspecified atom stereocenters. The van der Waals surface area contributed by atoms with Gasteiger partial charge in [-0.15, -0.1) is 0 Å². The highest BCUT2D eigenvalue weighted by atomic mass is 16.6. The lowest BCUT2D eigenvalue weighted by Gasteiger charge is -2.08. The minimum absolute atomic E-state index is 0.0293. The first-order chi connectivity index (χ1) is 10.5. The fourth-order valence-electron chi connectivity index (χ4n) is 2.23. The van der Waals surface area contributed by atoms with Gasteiger partial charge in [-0.05, 0) is 23.6 Å². The van der Waals surface area contributed by atoms with Crippen LogP contribution in [-0.4, -0.2) is 17.8 Å². The van der Waals surface area contributed by atoms with Gasteiger partial charge in [0.2, 0.25) is 0 Å². The Hall–Kier alpha value is -2.69. The molecule has 0 atom stereocenters. The minimum Gasteiger partial charge on any atom is -0.490 e. The first-order valence-corrected chi connectivity index (χ1v) is 6.91. The number of rotatable bonds is 5. The summed E-state index contributed by atoms with van der Waals surface area (Å²) in [6, 6.07) is 11.6. The number of ketones is 1. The Morgan fingerprint density at radius 2 is 1.77 bits per heavy atom. The van der Waals surface area contributed by atoms with Gasteiger partial charge in [-0.2, -0.15) is 0 Å². The van der Waals surface area contributed by atoms with Crippen molar-refractivity contribution in [1.82, 2.24) is 0 Å². The first-order valence-electron chi connectivity index (χ1n) is 6.91. The number of para-hydroxylation sites is 1. The fraction of sp³-hybridized carbons (Fsp3) is 0.235. The van der Waals surface area contributed by atoms with E-state index in [-0.39, 0.29) is 22.8 Å². The van der Waals surface area contributed by atoms with Crippen molar-refractivity contribution in [3.63, 3.8) is 0 Å². The molecule has 2 aromatic carbocycles. The third kappa shape index (κ3) is 2.98. The Kier molecular flexibility index (Phi) is 4.56. The fourth-order valence-corrected chi connectivity index (χ4v) is 2.23. The van der Waals surface area contributed by atoms with Gasteiger partial charge in [-0.3, -0.25) is 14.9 Å². The molecule has 0 heterocycles. The van der Waals surface area contributed by atoms with Gasteiger partial charge in [-0.25, -0.2) is 0 Å². The number of carbonyl (C=O) groups excluding carboxylic acids is 1. The van der Waals surface area contributed by atoms with Gasteiger partial charge < -0.3 is 4.74 Å². The van der Waals surface area contributed by atoms with Crippen LogP contribution in [0.3, 0.4) is 0 Å². The topological polar surface area (TPSA) is 69.4 Å². The molecule has 0 fully saturated rings. The zero-order chi connectivity index (χ0) is 16.3. The first kappa shape index (κ1) is 15.7. The molecule has 0 aliphatic heterocycles. The van der Waals surface area contributed by atoms with E-state index in [1.165, 1.54) is 19.2 Å². The number of ether oxygens (including phenoxy) is 1. The van der Waals surface area contributed by atoms with Crippen LogP contribution in [0.1, 0.15) is 41.3 Å². The molecule has 5 nitrogen and oxygen atoms in total. The highest BCUT2D eigenvalue weighted by Gasteiger charge is 2.25. The summed E-state index contributed by atoms with van der Waals surface area (Å²) in [7, 11) is 1.34. The summed E-state index contributed by atoms with van der Waals surface area (Å²) in [5.74, 6) is 0.0471. The Morgan fingerprint density at radius 1 is 1.14 bits per heavy atom. The normalized spacial score (nSPS) is 10.5. The number of nitrogens with zero attached hydrogens (tertiary/aromatic N) is 1. The van der Waals surface area contributed by atoms with Crippen molar-refractivity contribution in [2.75, 3.05) is 7.11 Å². The number of benzene rings is 2. The van der Waals surface area contributed by atoms with Gasteiger partial charge in [0.05, 0.1) is 12.0 Å². The van der Waals surface area contributed by atoms with Crippen LogP contribution >= 0.6 is 0 Å². The van der Waals surface area contributed by atoms with Crippen LogP contribution in [0.5, 0.6) is 5.75 Å². The molecule has 0 radical (unpaired) electrons. The van der Waals surface area contributed by atoms with Crippen molar-refractivity contribution in [2.45, 2.75) is 19.8 Å². The van der Waals surface area contributed by atoms with Crippen LogP contribution in [0.25, 0.3) is 0 Å². The lowest BCUT2D eigenvalue weighted by atomic mass is 9.97. The van der Waals surface area contributed by atoms with Gasteiger partial charge in [0.15, 0.2) is 11.5 Å². The predicted octanol–water partition coefficient (Wildman–Crippen LogP) is 3.96. The molecule has 0 N–H and O–H groups in total. The van der Waals surface area contributed by atoms with Crippen molar-refractivity contribution in [3.8, 4) is 5.75 Å². The van der Waals surface area contributed by atoms with E-state index in [0.717, 1.165) is 5.56 Å². The molecule has 0 aliphatic carbocycles. The van der Waals surface area contributed by atoms with Crippen LogP contribution in [-0.2, 0) is 0 Å². The van der Waals surface area contributed by atoms with Crippen molar-refractivity contribution in [3.05, 3.63) is 69.3 Å². The summed E-state index contributed by atoms with van der Waals surface area (Å²) in [5, 5.41) is 11.3. The van der Waals surface area contributed by atoms with Gasteiger partial charge in [0, 0.05) is 5.56 Å². The van der Waals surface area contributed by atoms with Crippen LogP contribution < -0.4 is 4.74 Å². The highest BCUT2D eigenvalue weighted by molar-refractivity contribution is 6.12. The number of carbonyl (C=O) groups is 1. The van der Waals surface area contributed by atoms with Crippen LogP contribution in [0.4, 0.5) is 5.69 Å². The molecule has 22 heavy (non-hydrogen) atoms. The second-order valence-electron chi connectivity index (χ2n) is 5.22. The van der Waals surface area contributed by atoms with Crippen LogP contribution in [0.2, 0.25) is 0 Å². The third-order valence-corrected chi connectivity index (χ3v) is 3.49. The SMILES string of the molecule is COc1cccc(C(=O)c2ccc(C(C)C)cc2)c1[N+](=O)[O-]. The van der Waals surface area contributed by atoms with Crippen molar-refractivity contribution < 1.29 is 14.5 Å². The van der Waals surface area contributed by atoms with Crippen molar-refractivity contribution >= 4 is 11.5 Å². The van der Waals surface area contributed by atoms with Crippen molar-refractivity contribution in [2.24, 2.45) is 0 Å². The van der Waals surface area contributed by atoms with Gasteiger partial charge >= 0.3 is 5.69 Å². The average molecular weight is 299 g/mol. The van der Waals surface area contributed by atoms with E-state index in [0.29, 0.717) is 11.5 Å². The molecular formula is C17H17NO4. The Labute approximate surface area is 128 Å². The zero-order valence-corrected chi connectivity index (χ0v) is 12.7. The third-order valence-electron chi connectivity index (χ3n) is 3.49. The summed E-state index contributed by atoms with van der Waals surface area (Å²) >= 11 is 0. The molecule has 0 aromatic heterocycles. The largest absolute Gasteiger partial charge is 0.490 e. The molecule has 0 bridgehead atoms. The monoisotopic (exact) mass is 299 g/mol. The van der Waals surface area contributed by atoms with E-state index in [1.54, 1.807) is 18.2 Å². The number of hydrogen-bond acceptors (Lipinski definition) is 4. The van der Waals surface area contributed by atoms with Gasteiger partial charge in [0.1, 0.15) is 5.56 Å². The Balaban J connectivity index is 2.47. The summed E-state index contributed by atoms with van der Waals surface area (Å²) in [5.41, 5.74) is 1.25. The molecule has 0 saturated carbocycles. The predicted molar refractivity (Wildman–Crippen MR) is 83.6 cm³/mol. The summed E-state index contributed by atoms with van der Waals surface area (Å²) in [4.78, 5) is 23.2. The number of hydrogen-bond donors (Lipinski definition) is 0. The smallest absolute Gasteiger partial charge is 0.322 e. The second kappa shape index (κ2) is 6.39. The standard InChI is InChI=1S/C17H17NO4/c1-11(2)12-7-9-13(10-8-12)17(19)14-5-4-6-15(22-3)16(14)18(20)21/h4-11H,1-3H3. The van der Waals surface area contributed by atoms with E-state index in [1.807, 2.05) is 12.1 Å². The molecule has 114 valence electrons. The Morgan fingerprint density at radius 3 is 2.27 bits per heavy atom. The average Bonchev–Trinajstić information content (AvgIpc) is 2.53. The highest BCUT2D eigenvalue weighted by Crippen LogP contribution is 2.32. The summed E-state index contributed by atoms with van der Waals surface area (Å²) < 4.78 is 4.99. The molecule has 0 saturated heterocycles. The van der Waals surface area contributed by atoms with Gasteiger partial charge in [0.25, 0.3) is 0 Å². The molecule has 2 rings (SSSR count). The molecular weight excluding hydrogens is 282 g/mol. The van der Waals surface area contributed by atoms with E-state index < -0.39 is 4.92 Å². The zero-order valence-electron chi connectivity index (χ0n) is 12.7. The number of methoxy groups -OCH3 is 1. The van der Waals surface area contributed by atoms with Crippen LogP contribution in [0.15, 0.2) is 42.5 Å². The summed E-state index contributed by atoms with van der Waals surface area (Å²) in [6.07, 6.45) is 0. The quantitative estimate of drug-likeness (QED) is 0.476. The van der Waals surface area contributed by atoms with Crippen LogP contribution in [0, 0.1) is 10.1 Å². The lowest BCUT2D eigenvalue weighted by molar-refractivity contribution is -0.386.